The largest absolute Gasteiger partial charge is 0.496 e. The first-order valence-electron chi connectivity index (χ1n) is 7.51. The summed E-state index contributed by atoms with van der Waals surface area (Å²) in [7, 11) is 6.55. The molecule has 23 heavy (non-hydrogen) atoms. The molecule has 0 heterocycles. The molecular formula is C16H27N3O4. The van der Waals surface area contributed by atoms with Gasteiger partial charge < -0.3 is 29.6 Å². The van der Waals surface area contributed by atoms with Crippen LogP contribution < -0.4 is 24.8 Å². The molecule has 0 saturated carbocycles. The Morgan fingerprint density at radius 3 is 2.22 bits per heavy atom. The highest BCUT2D eigenvalue weighted by molar-refractivity contribution is 5.79. The maximum atomic E-state index is 5.41. The average molecular weight is 325 g/mol. The molecule has 0 aromatic heterocycles. The fraction of sp³-hybridized carbons (Fsp3) is 0.562. The van der Waals surface area contributed by atoms with Crippen molar-refractivity contribution >= 4 is 5.96 Å². The molecule has 0 amide bonds. The van der Waals surface area contributed by atoms with Crippen molar-refractivity contribution in [1.29, 1.82) is 0 Å². The van der Waals surface area contributed by atoms with E-state index in [0.717, 1.165) is 11.3 Å². The molecule has 1 rings (SSSR count). The second kappa shape index (κ2) is 10.6. The maximum absolute atomic E-state index is 5.41. The third kappa shape index (κ3) is 5.86. The number of methoxy groups -OCH3 is 3. The number of hydrogen-bond acceptors (Lipinski definition) is 5. The summed E-state index contributed by atoms with van der Waals surface area (Å²) in [5.41, 5.74) is 0.943. The Bertz CT molecular complexity index is 506. The maximum Gasteiger partial charge on any atom is 0.191 e. The van der Waals surface area contributed by atoms with Gasteiger partial charge in [0.25, 0.3) is 0 Å². The zero-order valence-corrected chi connectivity index (χ0v) is 14.6. The van der Waals surface area contributed by atoms with Crippen LogP contribution in [-0.2, 0) is 11.3 Å². The molecule has 0 unspecified atom stereocenters. The Labute approximate surface area is 138 Å². The van der Waals surface area contributed by atoms with Crippen LogP contribution in [0.15, 0.2) is 17.1 Å². The zero-order valence-electron chi connectivity index (χ0n) is 14.6. The van der Waals surface area contributed by atoms with Crippen molar-refractivity contribution in [3.05, 3.63) is 17.7 Å². The molecular weight excluding hydrogens is 298 g/mol. The van der Waals surface area contributed by atoms with Gasteiger partial charge in [-0.05, 0) is 13.0 Å². The minimum Gasteiger partial charge on any atom is -0.496 e. The number of rotatable bonds is 9. The Balaban J connectivity index is 2.71. The summed E-state index contributed by atoms with van der Waals surface area (Å²) in [5.74, 6) is 2.71. The monoisotopic (exact) mass is 325 g/mol. The normalized spacial score (nSPS) is 11.1. The molecule has 1 aromatic rings. The number of benzene rings is 1. The highest BCUT2D eigenvalue weighted by Gasteiger charge is 2.12. The Kier molecular flexibility index (Phi) is 8.67. The van der Waals surface area contributed by atoms with Crippen molar-refractivity contribution < 1.29 is 18.9 Å². The topological polar surface area (TPSA) is 73.3 Å². The molecule has 2 N–H and O–H groups in total. The summed E-state index contributed by atoms with van der Waals surface area (Å²) in [6.07, 6.45) is 0. The molecule has 0 radical (unpaired) electrons. The summed E-state index contributed by atoms with van der Waals surface area (Å²) < 4.78 is 21.3. The van der Waals surface area contributed by atoms with Crippen molar-refractivity contribution in [2.24, 2.45) is 4.99 Å². The van der Waals surface area contributed by atoms with Crippen LogP contribution in [-0.4, -0.2) is 54.1 Å². The third-order valence-corrected chi connectivity index (χ3v) is 3.20. The molecule has 1 aromatic carbocycles. The number of aliphatic imine (C=N–C) groups is 1. The summed E-state index contributed by atoms with van der Waals surface area (Å²) in [5, 5.41) is 6.41. The fourth-order valence-electron chi connectivity index (χ4n) is 2.02. The molecule has 0 spiro atoms. The van der Waals surface area contributed by atoms with E-state index < -0.39 is 0 Å². The molecule has 7 heteroatoms. The van der Waals surface area contributed by atoms with Gasteiger partial charge in [-0.3, -0.25) is 4.99 Å². The van der Waals surface area contributed by atoms with Crippen LogP contribution in [0.5, 0.6) is 17.2 Å². The highest BCUT2D eigenvalue weighted by atomic mass is 16.5. The lowest BCUT2D eigenvalue weighted by Gasteiger charge is -2.16. The molecule has 0 aliphatic heterocycles. The van der Waals surface area contributed by atoms with Crippen molar-refractivity contribution in [2.75, 3.05) is 48.1 Å². The summed E-state index contributed by atoms with van der Waals surface area (Å²) in [4.78, 5) is 4.17. The van der Waals surface area contributed by atoms with E-state index in [-0.39, 0.29) is 0 Å². The van der Waals surface area contributed by atoms with E-state index in [1.54, 1.807) is 34.4 Å². The molecule has 7 nitrogen and oxygen atoms in total. The second-order valence-corrected chi connectivity index (χ2v) is 4.57. The van der Waals surface area contributed by atoms with E-state index in [1.165, 1.54) is 0 Å². The van der Waals surface area contributed by atoms with Gasteiger partial charge in [-0.25, -0.2) is 0 Å². The van der Waals surface area contributed by atoms with Gasteiger partial charge in [0, 0.05) is 38.4 Å². The molecule has 0 fully saturated rings. The van der Waals surface area contributed by atoms with Gasteiger partial charge in [-0.1, -0.05) is 0 Å². The smallest absolute Gasteiger partial charge is 0.191 e. The average Bonchev–Trinajstić information content (AvgIpc) is 2.60. The molecule has 0 aliphatic rings. The Morgan fingerprint density at radius 2 is 1.65 bits per heavy atom. The highest BCUT2D eigenvalue weighted by Crippen LogP contribution is 2.34. The minimum atomic E-state index is 0.540. The molecule has 0 saturated heterocycles. The van der Waals surface area contributed by atoms with E-state index in [0.29, 0.717) is 43.8 Å². The summed E-state index contributed by atoms with van der Waals surface area (Å²) in [6, 6.07) is 3.69. The predicted octanol–water partition coefficient (Wildman–Crippen LogP) is 1.41. The lowest BCUT2D eigenvalue weighted by Crippen LogP contribution is -2.38. The van der Waals surface area contributed by atoms with Crippen LogP contribution in [0.2, 0.25) is 0 Å². The predicted molar refractivity (Wildman–Crippen MR) is 90.8 cm³/mol. The van der Waals surface area contributed by atoms with Crippen LogP contribution >= 0.6 is 0 Å². The van der Waals surface area contributed by atoms with E-state index in [9.17, 15) is 0 Å². The lowest BCUT2D eigenvalue weighted by atomic mass is 10.1. The van der Waals surface area contributed by atoms with Crippen LogP contribution in [0.3, 0.4) is 0 Å². The van der Waals surface area contributed by atoms with Crippen LogP contribution in [0.25, 0.3) is 0 Å². The van der Waals surface area contributed by atoms with Gasteiger partial charge in [0.1, 0.15) is 5.75 Å². The Morgan fingerprint density at radius 1 is 1.00 bits per heavy atom. The zero-order chi connectivity index (χ0) is 17.1. The number of guanidine groups is 1. The van der Waals surface area contributed by atoms with Crippen molar-refractivity contribution in [2.45, 2.75) is 13.5 Å². The first-order valence-corrected chi connectivity index (χ1v) is 7.51. The van der Waals surface area contributed by atoms with Gasteiger partial charge in [-0.2, -0.15) is 0 Å². The SMILES string of the molecule is CCOCCNC(=NC)NCc1cc(OC)c(OC)cc1OC. The van der Waals surface area contributed by atoms with E-state index in [2.05, 4.69) is 15.6 Å². The van der Waals surface area contributed by atoms with Crippen LogP contribution in [0.4, 0.5) is 0 Å². The van der Waals surface area contributed by atoms with Crippen LogP contribution in [0, 0.1) is 0 Å². The molecule has 130 valence electrons. The third-order valence-electron chi connectivity index (χ3n) is 3.20. The number of nitrogens with zero attached hydrogens (tertiary/aromatic N) is 1. The van der Waals surface area contributed by atoms with Gasteiger partial charge in [0.05, 0.1) is 27.9 Å². The van der Waals surface area contributed by atoms with E-state index >= 15 is 0 Å². The minimum absolute atomic E-state index is 0.540. The van der Waals surface area contributed by atoms with Crippen LogP contribution in [0.1, 0.15) is 12.5 Å². The molecule has 0 atom stereocenters. The van der Waals surface area contributed by atoms with E-state index in [1.807, 2.05) is 13.0 Å². The number of nitrogens with one attached hydrogen (secondary N) is 2. The lowest BCUT2D eigenvalue weighted by molar-refractivity contribution is 0.152. The fourth-order valence-corrected chi connectivity index (χ4v) is 2.02. The van der Waals surface area contributed by atoms with Crippen molar-refractivity contribution in [3.63, 3.8) is 0 Å². The standard InChI is InChI=1S/C16H27N3O4/c1-6-23-8-7-18-16(17-2)19-11-12-9-14(21-4)15(22-5)10-13(12)20-3/h9-10H,6-8,11H2,1-5H3,(H2,17,18,19). The van der Waals surface area contributed by atoms with Crippen molar-refractivity contribution in [1.82, 2.24) is 10.6 Å². The second-order valence-electron chi connectivity index (χ2n) is 4.57. The molecule has 0 aliphatic carbocycles. The van der Waals surface area contributed by atoms with Gasteiger partial charge in [-0.15, -0.1) is 0 Å². The quantitative estimate of drug-likeness (QED) is 0.406. The van der Waals surface area contributed by atoms with E-state index in [4.69, 9.17) is 18.9 Å². The molecule has 0 bridgehead atoms. The Hall–Kier alpha value is -2.15. The first kappa shape index (κ1) is 18.9. The van der Waals surface area contributed by atoms with Crippen molar-refractivity contribution in [3.8, 4) is 17.2 Å². The number of ether oxygens (including phenoxy) is 4. The van der Waals surface area contributed by atoms with Gasteiger partial charge in [0.2, 0.25) is 0 Å². The summed E-state index contributed by atoms with van der Waals surface area (Å²) in [6.45, 7) is 4.54. The summed E-state index contributed by atoms with van der Waals surface area (Å²) >= 11 is 0. The van der Waals surface area contributed by atoms with Gasteiger partial charge in [0.15, 0.2) is 17.5 Å². The first-order chi connectivity index (χ1) is 11.2. The number of hydrogen-bond donors (Lipinski definition) is 2. The van der Waals surface area contributed by atoms with Gasteiger partial charge >= 0.3 is 0 Å².